The predicted octanol–water partition coefficient (Wildman–Crippen LogP) is 4.65. The van der Waals surface area contributed by atoms with Crippen molar-refractivity contribution in [3.8, 4) is 0 Å². The van der Waals surface area contributed by atoms with E-state index >= 15 is 0 Å². The first kappa shape index (κ1) is 21.4. The lowest BCUT2D eigenvalue weighted by Gasteiger charge is -2.34. The standard InChI is InChI=1S/C23H34N2O2/c1-22(2,3)27-21(26)17-24-14-13-23(4,5)20-11-15-25(16-12-20)18-19-9-7-6-8-10-19/h6-11,14H,12-13,15-18H2,1-5H3. The molecule has 4 nitrogen and oxygen atoms in total. The number of esters is 1. The molecule has 1 aromatic carbocycles. The van der Waals surface area contributed by atoms with Gasteiger partial charge in [-0.05, 0) is 44.6 Å². The molecule has 0 N–H and O–H groups in total. The summed E-state index contributed by atoms with van der Waals surface area (Å²) in [7, 11) is 0. The molecule has 0 spiro atoms. The van der Waals surface area contributed by atoms with Crippen molar-refractivity contribution in [1.82, 2.24) is 4.90 Å². The second-order valence-electron chi connectivity index (χ2n) is 8.90. The van der Waals surface area contributed by atoms with Gasteiger partial charge in [-0.15, -0.1) is 0 Å². The molecule has 0 atom stereocenters. The molecule has 1 heterocycles. The second-order valence-corrected chi connectivity index (χ2v) is 8.90. The first-order chi connectivity index (χ1) is 12.7. The summed E-state index contributed by atoms with van der Waals surface area (Å²) in [4.78, 5) is 18.5. The number of carbonyl (C=O) groups is 1. The number of rotatable bonds is 7. The van der Waals surface area contributed by atoms with Gasteiger partial charge < -0.3 is 4.74 Å². The van der Waals surface area contributed by atoms with Crippen LogP contribution >= 0.6 is 0 Å². The van der Waals surface area contributed by atoms with Gasteiger partial charge in [0.25, 0.3) is 0 Å². The van der Waals surface area contributed by atoms with Crippen LogP contribution < -0.4 is 0 Å². The highest BCUT2D eigenvalue weighted by molar-refractivity contribution is 5.74. The van der Waals surface area contributed by atoms with Gasteiger partial charge in [-0.1, -0.05) is 55.8 Å². The summed E-state index contributed by atoms with van der Waals surface area (Å²) in [6, 6.07) is 10.6. The van der Waals surface area contributed by atoms with Crippen molar-refractivity contribution in [2.75, 3.05) is 19.6 Å². The summed E-state index contributed by atoms with van der Waals surface area (Å²) >= 11 is 0. The van der Waals surface area contributed by atoms with E-state index in [1.807, 2.05) is 27.0 Å². The number of ether oxygens (including phenoxy) is 1. The van der Waals surface area contributed by atoms with Crippen molar-refractivity contribution in [3.05, 3.63) is 47.5 Å². The summed E-state index contributed by atoms with van der Waals surface area (Å²) in [6.07, 6.45) is 6.16. The lowest BCUT2D eigenvalue weighted by atomic mass is 9.78. The molecule has 0 unspecified atom stereocenters. The van der Waals surface area contributed by atoms with Crippen LogP contribution in [0.5, 0.6) is 0 Å². The molecule has 1 aromatic rings. The molecule has 0 radical (unpaired) electrons. The second kappa shape index (κ2) is 9.32. The van der Waals surface area contributed by atoms with E-state index in [1.165, 1.54) is 11.1 Å². The highest BCUT2D eigenvalue weighted by atomic mass is 16.6. The van der Waals surface area contributed by atoms with Crippen LogP contribution in [0.4, 0.5) is 0 Å². The number of carbonyl (C=O) groups excluding carboxylic acids is 1. The van der Waals surface area contributed by atoms with Gasteiger partial charge in [-0.25, -0.2) is 0 Å². The van der Waals surface area contributed by atoms with Crippen LogP contribution in [0.2, 0.25) is 0 Å². The Morgan fingerprint density at radius 2 is 1.89 bits per heavy atom. The van der Waals surface area contributed by atoms with Crippen molar-refractivity contribution in [2.45, 2.75) is 59.6 Å². The highest BCUT2D eigenvalue weighted by Crippen LogP contribution is 2.33. The zero-order valence-electron chi connectivity index (χ0n) is 17.5. The average Bonchev–Trinajstić information content (AvgIpc) is 2.59. The molecular formula is C23H34N2O2. The molecule has 0 fully saturated rings. The van der Waals surface area contributed by atoms with Crippen molar-refractivity contribution < 1.29 is 9.53 Å². The Balaban J connectivity index is 1.80. The Labute approximate surface area is 164 Å². The fourth-order valence-corrected chi connectivity index (χ4v) is 3.25. The average molecular weight is 371 g/mol. The summed E-state index contributed by atoms with van der Waals surface area (Å²) in [5.41, 5.74) is 2.46. The van der Waals surface area contributed by atoms with E-state index in [0.717, 1.165) is 32.5 Å². The molecule has 27 heavy (non-hydrogen) atoms. The van der Waals surface area contributed by atoms with Crippen LogP contribution in [-0.2, 0) is 16.1 Å². The lowest BCUT2D eigenvalue weighted by Crippen LogP contribution is -2.31. The van der Waals surface area contributed by atoms with Crippen molar-refractivity contribution in [3.63, 3.8) is 0 Å². The van der Waals surface area contributed by atoms with Crippen LogP contribution in [0.15, 0.2) is 47.0 Å². The van der Waals surface area contributed by atoms with Gasteiger partial charge in [-0.3, -0.25) is 14.7 Å². The van der Waals surface area contributed by atoms with Gasteiger partial charge in [0.15, 0.2) is 0 Å². The Bertz CT molecular complexity index is 669. The molecule has 0 aromatic heterocycles. The fourth-order valence-electron chi connectivity index (χ4n) is 3.25. The molecule has 148 valence electrons. The fraction of sp³-hybridized carbons (Fsp3) is 0.565. The van der Waals surface area contributed by atoms with E-state index in [9.17, 15) is 4.79 Å². The van der Waals surface area contributed by atoms with Crippen LogP contribution in [0, 0.1) is 5.41 Å². The molecular weight excluding hydrogens is 336 g/mol. The zero-order valence-corrected chi connectivity index (χ0v) is 17.5. The van der Waals surface area contributed by atoms with E-state index in [2.05, 4.69) is 60.1 Å². The van der Waals surface area contributed by atoms with Gasteiger partial charge in [0, 0.05) is 25.8 Å². The maximum Gasteiger partial charge on any atom is 0.328 e. The molecule has 0 saturated carbocycles. The minimum Gasteiger partial charge on any atom is -0.459 e. The van der Waals surface area contributed by atoms with Gasteiger partial charge in [0.2, 0.25) is 0 Å². The largest absolute Gasteiger partial charge is 0.459 e. The third kappa shape index (κ3) is 7.67. The SMILES string of the molecule is CC(C)(C)OC(=O)CN=CCC(C)(C)C1=CCN(Cc2ccccc2)CC1. The van der Waals surface area contributed by atoms with Gasteiger partial charge in [0.1, 0.15) is 12.1 Å². The highest BCUT2D eigenvalue weighted by Gasteiger charge is 2.25. The van der Waals surface area contributed by atoms with Crippen LogP contribution in [0.3, 0.4) is 0 Å². The minimum absolute atomic E-state index is 0.0657. The number of nitrogens with zero attached hydrogens (tertiary/aromatic N) is 2. The number of benzene rings is 1. The number of aliphatic imine (C=N–C) groups is 1. The topological polar surface area (TPSA) is 41.9 Å². The Hall–Kier alpha value is -1.94. The summed E-state index contributed by atoms with van der Waals surface area (Å²) in [5.74, 6) is -0.273. The van der Waals surface area contributed by atoms with E-state index in [0.29, 0.717) is 0 Å². The maximum absolute atomic E-state index is 11.7. The molecule has 0 amide bonds. The molecule has 0 saturated heterocycles. The predicted molar refractivity (Wildman–Crippen MR) is 112 cm³/mol. The van der Waals surface area contributed by atoms with Crippen molar-refractivity contribution >= 4 is 12.2 Å². The Morgan fingerprint density at radius 3 is 2.48 bits per heavy atom. The van der Waals surface area contributed by atoms with Gasteiger partial charge in [0.05, 0.1) is 0 Å². The third-order valence-electron chi connectivity index (χ3n) is 4.78. The van der Waals surface area contributed by atoms with Crippen LogP contribution in [-0.4, -0.2) is 42.3 Å². The Kier molecular flexibility index (Phi) is 7.37. The smallest absolute Gasteiger partial charge is 0.328 e. The van der Waals surface area contributed by atoms with Crippen molar-refractivity contribution in [1.29, 1.82) is 0 Å². The lowest BCUT2D eigenvalue weighted by molar-refractivity contribution is -0.152. The molecule has 0 aliphatic carbocycles. The summed E-state index contributed by atoms with van der Waals surface area (Å²) < 4.78 is 5.28. The first-order valence-electron chi connectivity index (χ1n) is 9.82. The Morgan fingerprint density at radius 1 is 1.19 bits per heavy atom. The van der Waals surface area contributed by atoms with E-state index in [-0.39, 0.29) is 17.9 Å². The maximum atomic E-state index is 11.7. The summed E-state index contributed by atoms with van der Waals surface area (Å²) in [5, 5.41) is 0. The van der Waals surface area contributed by atoms with E-state index < -0.39 is 5.60 Å². The minimum atomic E-state index is -0.454. The monoisotopic (exact) mass is 370 g/mol. The third-order valence-corrected chi connectivity index (χ3v) is 4.78. The molecule has 2 rings (SSSR count). The van der Waals surface area contributed by atoms with E-state index in [1.54, 1.807) is 0 Å². The number of hydrogen-bond donors (Lipinski definition) is 0. The zero-order chi connectivity index (χ0) is 19.9. The normalized spacial score (nSPS) is 16.4. The van der Waals surface area contributed by atoms with Crippen LogP contribution in [0.1, 0.15) is 53.0 Å². The molecule has 0 bridgehead atoms. The molecule has 1 aliphatic rings. The first-order valence-corrected chi connectivity index (χ1v) is 9.82. The summed E-state index contributed by atoms with van der Waals surface area (Å²) in [6.45, 7) is 13.3. The molecule has 4 heteroatoms. The van der Waals surface area contributed by atoms with E-state index in [4.69, 9.17) is 4.74 Å². The van der Waals surface area contributed by atoms with Gasteiger partial charge >= 0.3 is 5.97 Å². The number of hydrogen-bond acceptors (Lipinski definition) is 4. The molecule has 1 aliphatic heterocycles. The van der Waals surface area contributed by atoms with Crippen molar-refractivity contribution in [2.24, 2.45) is 10.4 Å². The van der Waals surface area contributed by atoms with Crippen LogP contribution in [0.25, 0.3) is 0 Å². The quantitative estimate of drug-likeness (QED) is 0.399. The van der Waals surface area contributed by atoms with Gasteiger partial charge in [-0.2, -0.15) is 0 Å².